The number of hydrogen-bond acceptors (Lipinski definition) is 5. The Labute approximate surface area is 119 Å². The van der Waals surface area contributed by atoms with Crippen LogP contribution in [-0.4, -0.2) is 41.1 Å². The Morgan fingerprint density at radius 3 is 2.45 bits per heavy atom. The van der Waals surface area contributed by atoms with Gasteiger partial charge in [-0.05, 0) is 33.1 Å². The number of hydrogen-bond donors (Lipinski definition) is 0. The van der Waals surface area contributed by atoms with Crippen LogP contribution in [0, 0.1) is 5.92 Å². The maximum atomic E-state index is 12.0. The van der Waals surface area contributed by atoms with Gasteiger partial charge in [-0.25, -0.2) is 14.5 Å². The zero-order valence-corrected chi connectivity index (χ0v) is 12.8. The third kappa shape index (κ3) is 4.51. The molecule has 6 nitrogen and oxygen atoms in total. The maximum absolute atomic E-state index is 12.0. The summed E-state index contributed by atoms with van der Waals surface area (Å²) < 4.78 is 10.3. The van der Waals surface area contributed by atoms with Crippen molar-refractivity contribution in [3.8, 4) is 0 Å². The Morgan fingerprint density at radius 2 is 1.95 bits per heavy atom. The van der Waals surface area contributed by atoms with Gasteiger partial charge in [0.2, 0.25) is 5.91 Å². The van der Waals surface area contributed by atoms with Crippen molar-refractivity contribution in [1.29, 1.82) is 0 Å². The van der Waals surface area contributed by atoms with E-state index in [1.807, 2.05) is 13.8 Å². The normalized spacial score (nSPS) is 19.4. The predicted molar refractivity (Wildman–Crippen MR) is 71.9 cm³/mol. The Balaban J connectivity index is 2.73. The molecule has 6 heteroatoms. The van der Waals surface area contributed by atoms with Crippen LogP contribution in [0.25, 0.3) is 0 Å². The zero-order valence-electron chi connectivity index (χ0n) is 12.8. The van der Waals surface area contributed by atoms with Crippen LogP contribution in [0.2, 0.25) is 0 Å². The third-order valence-corrected chi connectivity index (χ3v) is 2.63. The summed E-state index contributed by atoms with van der Waals surface area (Å²) in [4.78, 5) is 36.6. The van der Waals surface area contributed by atoms with E-state index in [0.717, 1.165) is 4.90 Å². The first-order valence-corrected chi connectivity index (χ1v) is 6.83. The average molecular weight is 285 g/mol. The summed E-state index contributed by atoms with van der Waals surface area (Å²) >= 11 is 0. The Bertz CT molecular complexity index is 397. The minimum absolute atomic E-state index is 0.153. The van der Waals surface area contributed by atoms with Crippen LogP contribution in [0.15, 0.2) is 0 Å². The Kier molecular flexibility index (Phi) is 5.14. The third-order valence-electron chi connectivity index (χ3n) is 2.63. The van der Waals surface area contributed by atoms with Gasteiger partial charge in [-0.15, -0.1) is 0 Å². The van der Waals surface area contributed by atoms with Crippen LogP contribution in [0.5, 0.6) is 0 Å². The second-order valence-corrected chi connectivity index (χ2v) is 6.32. The molecule has 2 amide bonds. The molecule has 20 heavy (non-hydrogen) atoms. The van der Waals surface area contributed by atoms with Gasteiger partial charge in [0.05, 0.1) is 6.61 Å². The molecule has 0 saturated carbocycles. The Morgan fingerprint density at radius 1 is 1.35 bits per heavy atom. The first-order chi connectivity index (χ1) is 9.11. The molecule has 1 unspecified atom stereocenters. The van der Waals surface area contributed by atoms with Gasteiger partial charge in [-0.2, -0.15) is 0 Å². The van der Waals surface area contributed by atoms with Crippen LogP contribution in [0.4, 0.5) is 4.79 Å². The number of carbonyl (C=O) groups excluding carboxylic acids is 3. The van der Waals surface area contributed by atoms with Crippen molar-refractivity contribution >= 4 is 18.0 Å². The van der Waals surface area contributed by atoms with E-state index < -0.39 is 29.6 Å². The van der Waals surface area contributed by atoms with Gasteiger partial charge in [-0.1, -0.05) is 13.8 Å². The lowest BCUT2D eigenvalue weighted by Crippen LogP contribution is -2.46. The summed E-state index contributed by atoms with van der Waals surface area (Å²) in [6.45, 7) is 9.22. The molecule has 1 atom stereocenters. The minimum Gasteiger partial charge on any atom is -0.464 e. The van der Waals surface area contributed by atoms with Gasteiger partial charge in [-0.3, -0.25) is 4.79 Å². The molecular weight excluding hydrogens is 262 g/mol. The molecule has 0 aliphatic carbocycles. The quantitative estimate of drug-likeness (QED) is 0.743. The van der Waals surface area contributed by atoms with E-state index in [1.54, 1.807) is 20.8 Å². The van der Waals surface area contributed by atoms with Gasteiger partial charge in [0, 0.05) is 6.42 Å². The summed E-state index contributed by atoms with van der Waals surface area (Å²) in [6, 6.07) is -0.865. The van der Waals surface area contributed by atoms with E-state index in [4.69, 9.17) is 9.47 Å². The predicted octanol–water partition coefficient (Wildman–Crippen LogP) is 2.11. The number of imide groups is 1. The number of esters is 1. The van der Waals surface area contributed by atoms with E-state index >= 15 is 0 Å². The van der Waals surface area contributed by atoms with E-state index in [1.165, 1.54) is 0 Å². The standard InChI is InChI=1S/C14H23NO5/c1-9(2)8-19-12(17)10-6-7-11(16)15(10)13(18)20-14(3,4)5/h9-10H,6-8H2,1-5H3. The lowest BCUT2D eigenvalue weighted by Gasteiger charge is -2.26. The zero-order chi connectivity index (χ0) is 15.5. The molecule has 1 fully saturated rings. The second-order valence-electron chi connectivity index (χ2n) is 6.32. The number of carbonyl (C=O) groups is 3. The minimum atomic E-state index is -0.865. The van der Waals surface area contributed by atoms with Crippen molar-refractivity contribution in [3.63, 3.8) is 0 Å². The van der Waals surface area contributed by atoms with Crippen molar-refractivity contribution in [2.45, 2.75) is 59.1 Å². The fraction of sp³-hybridized carbons (Fsp3) is 0.786. The molecule has 114 valence electrons. The number of nitrogens with zero attached hydrogens (tertiary/aromatic N) is 1. The van der Waals surface area contributed by atoms with E-state index in [0.29, 0.717) is 0 Å². The maximum Gasteiger partial charge on any atom is 0.417 e. The highest BCUT2D eigenvalue weighted by Crippen LogP contribution is 2.23. The molecule has 1 saturated heterocycles. The first-order valence-electron chi connectivity index (χ1n) is 6.83. The number of ether oxygens (including phenoxy) is 2. The van der Waals surface area contributed by atoms with Crippen LogP contribution in [-0.2, 0) is 19.1 Å². The van der Waals surface area contributed by atoms with E-state index in [2.05, 4.69) is 0 Å². The topological polar surface area (TPSA) is 72.9 Å². The molecule has 1 aliphatic rings. The molecule has 0 aromatic carbocycles. The largest absolute Gasteiger partial charge is 0.464 e. The van der Waals surface area contributed by atoms with Crippen molar-refractivity contribution in [2.75, 3.05) is 6.61 Å². The first kappa shape index (κ1) is 16.5. The monoisotopic (exact) mass is 285 g/mol. The highest BCUT2D eigenvalue weighted by Gasteiger charge is 2.43. The molecule has 1 heterocycles. The van der Waals surface area contributed by atoms with Gasteiger partial charge in [0.25, 0.3) is 0 Å². The number of amides is 2. The van der Waals surface area contributed by atoms with Gasteiger partial charge >= 0.3 is 12.1 Å². The molecule has 0 bridgehead atoms. The highest BCUT2D eigenvalue weighted by molar-refractivity contribution is 5.99. The van der Waals surface area contributed by atoms with Gasteiger partial charge in [0.15, 0.2) is 0 Å². The van der Waals surface area contributed by atoms with Crippen LogP contribution < -0.4 is 0 Å². The summed E-state index contributed by atoms with van der Waals surface area (Å²) in [5, 5.41) is 0. The molecular formula is C14H23NO5. The Hall–Kier alpha value is -1.59. The van der Waals surface area contributed by atoms with Crippen LogP contribution in [0.3, 0.4) is 0 Å². The fourth-order valence-corrected chi connectivity index (χ4v) is 1.79. The molecule has 0 spiro atoms. The highest BCUT2D eigenvalue weighted by atomic mass is 16.6. The van der Waals surface area contributed by atoms with E-state index in [-0.39, 0.29) is 25.4 Å². The lowest BCUT2D eigenvalue weighted by molar-refractivity contribution is -0.152. The van der Waals surface area contributed by atoms with Gasteiger partial charge < -0.3 is 9.47 Å². The fourth-order valence-electron chi connectivity index (χ4n) is 1.79. The van der Waals surface area contributed by atoms with Gasteiger partial charge in [0.1, 0.15) is 11.6 Å². The van der Waals surface area contributed by atoms with Crippen molar-refractivity contribution in [2.24, 2.45) is 5.92 Å². The molecule has 1 rings (SSSR count). The lowest BCUT2D eigenvalue weighted by atomic mass is 10.2. The molecule has 0 radical (unpaired) electrons. The average Bonchev–Trinajstić information content (AvgIpc) is 2.65. The molecule has 0 N–H and O–H groups in total. The summed E-state index contributed by atoms with van der Waals surface area (Å²) in [7, 11) is 0. The van der Waals surface area contributed by atoms with E-state index in [9.17, 15) is 14.4 Å². The summed E-state index contributed by atoms with van der Waals surface area (Å²) in [5.41, 5.74) is -0.716. The summed E-state index contributed by atoms with van der Waals surface area (Å²) in [6.07, 6.45) is -0.345. The van der Waals surface area contributed by atoms with Crippen LogP contribution >= 0.6 is 0 Å². The second kappa shape index (κ2) is 6.24. The number of rotatable bonds is 3. The molecule has 1 aliphatic heterocycles. The van der Waals surface area contributed by atoms with Crippen molar-refractivity contribution < 1.29 is 23.9 Å². The van der Waals surface area contributed by atoms with Crippen molar-refractivity contribution in [3.05, 3.63) is 0 Å². The number of likely N-dealkylation sites (tertiary alicyclic amines) is 1. The van der Waals surface area contributed by atoms with Crippen molar-refractivity contribution in [1.82, 2.24) is 4.90 Å². The summed E-state index contributed by atoms with van der Waals surface area (Å²) in [5.74, 6) is -0.743. The SMILES string of the molecule is CC(C)COC(=O)C1CCC(=O)N1C(=O)OC(C)(C)C. The van der Waals surface area contributed by atoms with Crippen LogP contribution in [0.1, 0.15) is 47.5 Å². The molecule has 0 aromatic rings. The molecule has 0 aromatic heterocycles. The smallest absolute Gasteiger partial charge is 0.417 e.